The average Bonchev–Trinajstić information content (AvgIpc) is 2.91. The number of carbonyl (C=O) groups excluding carboxylic acids is 4. The molecule has 0 amide bonds. The second-order valence-corrected chi connectivity index (χ2v) is 9.14. The van der Waals surface area contributed by atoms with Crippen LogP contribution in [0, 0.1) is 28.6 Å². The average molecular weight is 398 g/mol. The minimum absolute atomic E-state index is 0.0161. The lowest BCUT2D eigenvalue weighted by atomic mass is 9.50. The topological polar surface area (TPSA) is 86.7 Å². The highest BCUT2D eigenvalue weighted by Gasteiger charge is 2.59. The Labute approximate surface area is 170 Å². The minimum atomic E-state index is -0.629. The van der Waals surface area contributed by atoms with Gasteiger partial charge in [0.05, 0.1) is 0 Å². The molecule has 4 aliphatic carbocycles. The van der Waals surface area contributed by atoms with E-state index in [1.165, 1.54) is 19.9 Å². The van der Waals surface area contributed by atoms with E-state index in [0.29, 0.717) is 23.5 Å². The molecule has 0 aromatic rings. The molecular weight excluding hydrogens is 372 g/mol. The first kappa shape index (κ1) is 19.8. The smallest absolute Gasteiger partial charge is 0.308 e. The first-order chi connectivity index (χ1) is 13.6. The number of esters is 2. The molecule has 0 aromatic carbocycles. The van der Waals surface area contributed by atoms with Gasteiger partial charge in [-0.15, -0.1) is 0 Å². The molecule has 0 bridgehead atoms. The van der Waals surface area contributed by atoms with Gasteiger partial charge in [-0.25, -0.2) is 0 Å². The van der Waals surface area contributed by atoms with Gasteiger partial charge in [0.2, 0.25) is 5.78 Å². The van der Waals surface area contributed by atoms with E-state index in [2.05, 4.69) is 6.92 Å². The van der Waals surface area contributed by atoms with Gasteiger partial charge >= 0.3 is 11.9 Å². The fraction of sp³-hybridized carbons (Fsp3) is 0.565. The zero-order valence-corrected chi connectivity index (χ0v) is 17.2. The summed E-state index contributed by atoms with van der Waals surface area (Å²) in [5.74, 6) is -0.382. The van der Waals surface area contributed by atoms with Crippen LogP contribution in [0.25, 0.3) is 0 Å². The molecule has 0 aliphatic heterocycles. The van der Waals surface area contributed by atoms with Crippen molar-refractivity contribution >= 4 is 23.5 Å². The summed E-state index contributed by atoms with van der Waals surface area (Å²) in [5.41, 5.74) is -0.345. The van der Waals surface area contributed by atoms with Crippen molar-refractivity contribution in [3.63, 3.8) is 0 Å². The number of ketones is 2. The molecule has 5 atom stereocenters. The molecule has 6 nitrogen and oxygen atoms in total. The van der Waals surface area contributed by atoms with Crippen LogP contribution >= 0.6 is 0 Å². The Hall–Kier alpha value is -2.50. The van der Waals surface area contributed by atoms with E-state index >= 15 is 0 Å². The standard InChI is InChI=1S/C23H26O6/c1-12(24)28-19-9-14-15-5-6-21(27)22(15,3)8-7-16(14)23(4)11-20(29-13(2)25)18(26)10-17(19)23/h9-11,14-16H,5-8H2,1-4H3/t14-,15-,16-,22-,23+/m0/s1. The van der Waals surface area contributed by atoms with E-state index in [4.69, 9.17) is 9.47 Å². The van der Waals surface area contributed by atoms with Gasteiger partial charge in [-0.05, 0) is 55.2 Å². The zero-order chi connectivity index (χ0) is 21.1. The van der Waals surface area contributed by atoms with Crippen LogP contribution in [-0.4, -0.2) is 23.5 Å². The molecule has 4 aliphatic rings. The van der Waals surface area contributed by atoms with Crippen molar-refractivity contribution in [1.29, 1.82) is 0 Å². The quantitative estimate of drug-likeness (QED) is 0.663. The molecule has 29 heavy (non-hydrogen) atoms. The molecule has 0 radical (unpaired) electrons. The Morgan fingerprint density at radius 3 is 2.31 bits per heavy atom. The maximum Gasteiger partial charge on any atom is 0.308 e. The van der Waals surface area contributed by atoms with Gasteiger partial charge in [0.25, 0.3) is 0 Å². The van der Waals surface area contributed by atoms with Gasteiger partial charge in [0, 0.05) is 36.7 Å². The Morgan fingerprint density at radius 2 is 1.66 bits per heavy atom. The van der Waals surface area contributed by atoms with Gasteiger partial charge in [-0.3, -0.25) is 19.2 Å². The molecule has 0 heterocycles. The Bertz CT molecular complexity index is 922. The van der Waals surface area contributed by atoms with Gasteiger partial charge in [-0.1, -0.05) is 13.8 Å². The summed E-state index contributed by atoms with van der Waals surface area (Å²) in [7, 11) is 0. The molecule has 2 fully saturated rings. The Morgan fingerprint density at radius 1 is 1.00 bits per heavy atom. The maximum atomic E-state index is 12.6. The minimum Gasteiger partial charge on any atom is -0.427 e. The molecule has 154 valence electrons. The third-order valence-corrected chi connectivity index (χ3v) is 7.46. The second kappa shape index (κ2) is 6.51. The fourth-order valence-electron chi connectivity index (χ4n) is 6.06. The monoisotopic (exact) mass is 398 g/mol. The number of rotatable bonds is 2. The van der Waals surface area contributed by atoms with Gasteiger partial charge in [0.15, 0.2) is 5.76 Å². The Balaban J connectivity index is 1.85. The highest BCUT2D eigenvalue weighted by Crippen LogP contribution is 2.63. The van der Waals surface area contributed by atoms with Crippen LogP contribution in [0.1, 0.15) is 53.4 Å². The van der Waals surface area contributed by atoms with E-state index in [1.807, 2.05) is 13.0 Å². The van der Waals surface area contributed by atoms with E-state index in [9.17, 15) is 19.2 Å². The van der Waals surface area contributed by atoms with Gasteiger partial charge in [0.1, 0.15) is 11.5 Å². The van der Waals surface area contributed by atoms with Crippen LogP contribution < -0.4 is 0 Å². The largest absolute Gasteiger partial charge is 0.427 e. The van der Waals surface area contributed by atoms with Crippen molar-refractivity contribution < 1.29 is 28.7 Å². The molecule has 0 spiro atoms. The summed E-state index contributed by atoms with van der Waals surface area (Å²) >= 11 is 0. The molecule has 0 unspecified atom stereocenters. The maximum absolute atomic E-state index is 12.6. The second-order valence-electron chi connectivity index (χ2n) is 9.14. The third-order valence-electron chi connectivity index (χ3n) is 7.46. The number of Topliss-reactive ketones (excluding diaryl/α,β-unsaturated/α-hetero) is 1. The lowest BCUT2D eigenvalue weighted by Crippen LogP contribution is -2.49. The molecule has 0 saturated heterocycles. The highest BCUT2D eigenvalue weighted by molar-refractivity contribution is 6.06. The van der Waals surface area contributed by atoms with E-state index in [1.54, 1.807) is 6.08 Å². The van der Waals surface area contributed by atoms with E-state index in [-0.39, 0.29) is 28.9 Å². The SMILES string of the molecule is CC(=O)OC1=C[C@@]2(C)C(=CC1=O)C(OC(C)=O)=C[C@@H]1[C@@H]2CC[C@]2(C)C(=O)CC[C@@H]12. The number of hydrogen-bond donors (Lipinski definition) is 0. The van der Waals surface area contributed by atoms with Crippen LogP contribution in [0.3, 0.4) is 0 Å². The fourth-order valence-corrected chi connectivity index (χ4v) is 6.06. The number of allylic oxidation sites excluding steroid dienone is 4. The van der Waals surface area contributed by atoms with Crippen molar-refractivity contribution in [2.24, 2.45) is 28.6 Å². The van der Waals surface area contributed by atoms with Crippen LogP contribution in [0.5, 0.6) is 0 Å². The van der Waals surface area contributed by atoms with Crippen LogP contribution in [0.4, 0.5) is 0 Å². The Kier molecular flexibility index (Phi) is 4.44. The molecule has 0 aromatic heterocycles. The number of hydrogen-bond acceptors (Lipinski definition) is 6. The van der Waals surface area contributed by atoms with Crippen molar-refractivity contribution in [2.75, 3.05) is 0 Å². The third kappa shape index (κ3) is 2.92. The first-order valence-electron chi connectivity index (χ1n) is 10.2. The van der Waals surface area contributed by atoms with Gasteiger partial charge < -0.3 is 9.47 Å². The molecule has 6 heteroatoms. The van der Waals surface area contributed by atoms with Crippen molar-refractivity contribution in [3.8, 4) is 0 Å². The lowest BCUT2D eigenvalue weighted by molar-refractivity contribution is -0.140. The van der Waals surface area contributed by atoms with Crippen molar-refractivity contribution in [3.05, 3.63) is 35.3 Å². The number of carbonyl (C=O) groups is 4. The predicted molar refractivity (Wildman–Crippen MR) is 103 cm³/mol. The summed E-state index contributed by atoms with van der Waals surface area (Å²) in [6.07, 6.45) is 8.10. The molecule has 0 N–H and O–H groups in total. The normalized spacial score (nSPS) is 38.1. The van der Waals surface area contributed by atoms with Crippen molar-refractivity contribution in [2.45, 2.75) is 53.4 Å². The van der Waals surface area contributed by atoms with E-state index < -0.39 is 23.1 Å². The van der Waals surface area contributed by atoms with Crippen molar-refractivity contribution in [1.82, 2.24) is 0 Å². The van der Waals surface area contributed by atoms with Crippen LogP contribution in [0.2, 0.25) is 0 Å². The summed E-state index contributed by atoms with van der Waals surface area (Å²) in [4.78, 5) is 48.4. The first-order valence-corrected chi connectivity index (χ1v) is 10.2. The number of fused-ring (bicyclic) bond motifs is 5. The van der Waals surface area contributed by atoms with Crippen LogP contribution in [0.15, 0.2) is 35.3 Å². The summed E-state index contributed by atoms with van der Waals surface area (Å²) in [5, 5.41) is 0. The molecule has 4 rings (SSSR count). The molecular formula is C23H26O6. The van der Waals surface area contributed by atoms with Crippen LogP contribution in [-0.2, 0) is 28.7 Å². The summed E-state index contributed by atoms with van der Waals surface area (Å²) < 4.78 is 10.7. The predicted octanol–water partition coefficient (Wildman–Crippen LogP) is 3.42. The molecule has 2 saturated carbocycles. The summed E-state index contributed by atoms with van der Waals surface area (Å²) in [6.45, 7) is 6.66. The number of ether oxygens (including phenoxy) is 2. The van der Waals surface area contributed by atoms with Gasteiger partial charge in [-0.2, -0.15) is 0 Å². The lowest BCUT2D eigenvalue weighted by Gasteiger charge is -2.53. The van der Waals surface area contributed by atoms with E-state index in [0.717, 1.165) is 19.3 Å². The highest BCUT2D eigenvalue weighted by atomic mass is 16.5. The zero-order valence-electron chi connectivity index (χ0n) is 17.2. The summed E-state index contributed by atoms with van der Waals surface area (Å²) in [6, 6.07) is 0.